The number of hydrogen-bond donors (Lipinski definition) is 2. The molecule has 3 rings (SSSR count). The Labute approximate surface area is 143 Å². The average Bonchev–Trinajstić information content (AvgIpc) is 3.32. The van der Waals surface area contributed by atoms with Crippen molar-refractivity contribution in [3.05, 3.63) is 53.9 Å². The van der Waals surface area contributed by atoms with E-state index in [1.54, 1.807) is 56.9 Å². The van der Waals surface area contributed by atoms with Gasteiger partial charge in [-0.3, -0.25) is 9.89 Å². The molecule has 0 unspecified atom stereocenters. The van der Waals surface area contributed by atoms with E-state index in [0.29, 0.717) is 23.0 Å². The van der Waals surface area contributed by atoms with Gasteiger partial charge in [0.05, 0.1) is 26.7 Å². The van der Waals surface area contributed by atoms with Crippen molar-refractivity contribution in [2.45, 2.75) is 0 Å². The van der Waals surface area contributed by atoms with Crippen molar-refractivity contribution in [1.82, 2.24) is 15.6 Å². The average molecular weight is 340 g/mol. The van der Waals surface area contributed by atoms with Gasteiger partial charge in [-0.15, -0.1) is 0 Å². The van der Waals surface area contributed by atoms with Crippen molar-refractivity contribution in [3.8, 4) is 23.0 Å². The van der Waals surface area contributed by atoms with Crippen molar-refractivity contribution in [2.75, 3.05) is 14.2 Å². The topological polar surface area (TPSA) is 102 Å². The summed E-state index contributed by atoms with van der Waals surface area (Å²) in [5.74, 6) is 1.35. The molecule has 1 aromatic carbocycles. The van der Waals surface area contributed by atoms with Crippen molar-refractivity contribution < 1.29 is 18.7 Å². The zero-order valence-electron chi connectivity index (χ0n) is 13.6. The van der Waals surface area contributed by atoms with E-state index in [9.17, 15) is 4.79 Å². The molecule has 2 N–H and O–H groups in total. The second-order valence-corrected chi connectivity index (χ2v) is 4.96. The van der Waals surface area contributed by atoms with Crippen LogP contribution in [-0.2, 0) is 0 Å². The van der Waals surface area contributed by atoms with Crippen LogP contribution in [0.3, 0.4) is 0 Å². The maximum absolute atomic E-state index is 12.1. The molecule has 1 amide bonds. The van der Waals surface area contributed by atoms with Crippen LogP contribution in [0, 0.1) is 0 Å². The Bertz CT molecular complexity index is 884. The highest BCUT2D eigenvalue weighted by Crippen LogP contribution is 2.26. The minimum Gasteiger partial charge on any atom is -0.493 e. The lowest BCUT2D eigenvalue weighted by Crippen LogP contribution is -2.18. The first-order chi connectivity index (χ1) is 12.2. The molecule has 8 nitrogen and oxygen atoms in total. The summed E-state index contributed by atoms with van der Waals surface area (Å²) >= 11 is 0. The number of rotatable bonds is 6. The van der Waals surface area contributed by atoms with Crippen molar-refractivity contribution in [3.63, 3.8) is 0 Å². The number of nitrogens with zero attached hydrogens (tertiary/aromatic N) is 2. The number of aromatic nitrogens is 2. The minimum atomic E-state index is -0.439. The Balaban J connectivity index is 1.65. The smallest absolute Gasteiger partial charge is 0.291 e. The summed E-state index contributed by atoms with van der Waals surface area (Å²) < 4.78 is 15.6. The van der Waals surface area contributed by atoms with Crippen molar-refractivity contribution in [2.24, 2.45) is 5.10 Å². The van der Waals surface area contributed by atoms with Crippen LogP contribution in [0.15, 0.2) is 52.2 Å². The van der Waals surface area contributed by atoms with Crippen LogP contribution in [0.2, 0.25) is 0 Å². The molecule has 0 saturated carbocycles. The molecule has 0 aliphatic rings. The molecular weight excluding hydrogens is 324 g/mol. The number of ether oxygens (including phenoxy) is 2. The highest BCUT2D eigenvalue weighted by molar-refractivity contribution is 5.94. The van der Waals surface area contributed by atoms with Crippen LogP contribution < -0.4 is 14.9 Å². The maximum Gasteiger partial charge on any atom is 0.291 e. The molecular formula is C17H16N4O4. The molecule has 2 heterocycles. The van der Waals surface area contributed by atoms with E-state index < -0.39 is 5.91 Å². The first-order valence-electron chi connectivity index (χ1n) is 7.36. The number of carbonyl (C=O) groups excluding carboxylic acids is 1. The molecule has 0 spiro atoms. The molecule has 3 aromatic rings. The fourth-order valence-corrected chi connectivity index (χ4v) is 2.15. The number of methoxy groups -OCH3 is 2. The highest BCUT2D eigenvalue weighted by atomic mass is 16.5. The van der Waals surface area contributed by atoms with E-state index in [1.807, 2.05) is 0 Å². The summed E-state index contributed by atoms with van der Waals surface area (Å²) in [6.45, 7) is 0. The Hall–Kier alpha value is -3.55. The molecule has 0 radical (unpaired) electrons. The third kappa shape index (κ3) is 3.69. The van der Waals surface area contributed by atoms with Crippen molar-refractivity contribution in [1.29, 1.82) is 0 Å². The molecule has 0 aliphatic carbocycles. The number of hydrogen-bond acceptors (Lipinski definition) is 6. The van der Waals surface area contributed by atoms with E-state index in [0.717, 1.165) is 5.56 Å². The Morgan fingerprint density at radius 3 is 2.80 bits per heavy atom. The summed E-state index contributed by atoms with van der Waals surface area (Å²) in [5, 5.41) is 10.6. The SMILES string of the molecule is COc1ccc(/C=N/NC(=O)c2cc(-c3ccco3)[nH]n2)cc1OC. The number of furan rings is 1. The number of hydrazone groups is 1. The van der Waals surface area contributed by atoms with Crippen LogP contribution >= 0.6 is 0 Å². The summed E-state index contributed by atoms with van der Waals surface area (Å²) in [6, 6.07) is 10.4. The number of nitrogens with one attached hydrogen (secondary N) is 2. The second kappa shape index (κ2) is 7.35. The standard InChI is InChI=1S/C17H16N4O4/c1-23-15-6-5-11(8-16(15)24-2)10-18-21-17(22)13-9-12(19-20-13)14-4-3-7-25-14/h3-10H,1-2H3,(H,19,20)(H,21,22)/b18-10+. The maximum atomic E-state index is 12.1. The molecule has 0 saturated heterocycles. The third-order valence-electron chi connectivity index (χ3n) is 3.38. The number of carbonyl (C=O) groups is 1. The number of H-pyrrole nitrogens is 1. The van der Waals surface area contributed by atoms with Gasteiger partial charge in [0.25, 0.3) is 5.91 Å². The van der Waals surface area contributed by atoms with E-state index in [1.165, 1.54) is 6.21 Å². The summed E-state index contributed by atoms with van der Waals surface area (Å²) in [7, 11) is 3.11. The lowest BCUT2D eigenvalue weighted by molar-refractivity contribution is 0.0950. The van der Waals surface area contributed by atoms with E-state index >= 15 is 0 Å². The normalized spacial score (nSPS) is 10.8. The summed E-state index contributed by atoms with van der Waals surface area (Å²) in [6.07, 6.45) is 3.04. The first-order valence-corrected chi connectivity index (χ1v) is 7.36. The Kier molecular flexibility index (Phi) is 4.79. The van der Waals surface area contributed by atoms with Gasteiger partial charge in [0.1, 0.15) is 5.69 Å². The molecule has 25 heavy (non-hydrogen) atoms. The minimum absolute atomic E-state index is 0.205. The van der Waals surface area contributed by atoms with Gasteiger partial charge in [-0.1, -0.05) is 0 Å². The Morgan fingerprint density at radius 2 is 2.08 bits per heavy atom. The van der Waals surface area contributed by atoms with E-state index in [4.69, 9.17) is 13.9 Å². The van der Waals surface area contributed by atoms with Crippen LogP contribution in [0.5, 0.6) is 11.5 Å². The van der Waals surface area contributed by atoms with E-state index in [-0.39, 0.29) is 5.69 Å². The fourth-order valence-electron chi connectivity index (χ4n) is 2.15. The van der Waals surface area contributed by atoms with Gasteiger partial charge in [0.2, 0.25) is 0 Å². The van der Waals surface area contributed by atoms with Crippen molar-refractivity contribution >= 4 is 12.1 Å². The number of aromatic amines is 1. The first kappa shape index (κ1) is 16.3. The van der Waals surface area contributed by atoms with Gasteiger partial charge in [-0.05, 0) is 35.9 Å². The van der Waals surface area contributed by atoms with Gasteiger partial charge in [0.15, 0.2) is 23.0 Å². The molecule has 0 fully saturated rings. The quantitative estimate of drug-likeness (QED) is 0.530. The van der Waals surface area contributed by atoms with Gasteiger partial charge >= 0.3 is 0 Å². The zero-order chi connectivity index (χ0) is 17.6. The molecule has 0 aliphatic heterocycles. The fraction of sp³-hybridized carbons (Fsp3) is 0.118. The van der Waals surface area contributed by atoms with Gasteiger partial charge in [-0.2, -0.15) is 10.2 Å². The van der Waals surface area contributed by atoms with Gasteiger partial charge < -0.3 is 13.9 Å². The highest BCUT2D eigenvalue weighted by Gasteiger charge is 2.12. The largest absolute Gasteiger partial charge is 0.493 e. The van der Waals surface area contributed by atoms with Gasteiger partial charge in [-0.25, -0.2) is 5.43 Å². The summed E-state index contributed by atoms with van der Waals surface area (Å²) in [5.41, 5.74) is 3.98. The van der Waals surface area contributed by atoms with Crippen LogP contribution in [0.25, 0.3) is 11.5 Å². The predicted molar refractivity (Wildman–Crippen MR) is 90.9 cm³/mol. The van der Waals surface area contributed by atoms with E-state index in [2.05, 4.69) is 20.7 Å². The Morgan fingerprint density at radius 1 is 1.24 bits per heavy atom. The summed E-state index contributed by atoms with van der Waals surface area (Å²) in [4.78, 5) is 12.1. The monoisotopic (exact) mass is 340 g/mol. The lowest BCUT2D eigenvalue weighted by Gasteiger charge is -2.07. The lowest BCUT2D eigenvalue weighted by atomic mass is 10.2. The molecule has 128 valence electrons. The van der Waals surface area contributed by atoms with Crippen LogP contribution in [0.1, 0.15) is 16.1 Å². The number of amides is 1. The molecule has 8 heteroatoms. The molecule has 0 atom stereocenters. The third-order valence-corrected chi connectivity index (χ3v) is 3.38. The number of benzene rings is 1. The predicted octanol–water partition coefficient (Wildman–Crippen LogP) is 2.45. The zero-order valence-corrected chi connectivity index (χ0v) is 13.6. The molecule has 2 aromatic heterocycles. The van der Waals surface area contributed by atoms with Crippen LogP contribution in [-0.4, -0.2) is 36.5 Å². The molecule has 0 bridgehead atoms. The van der Waals surface area contributed by atoms with Gasteiger partial charge in [0, 0.05) is 6.07 Å². The second-order valence-electron chi connectivity index (χ2n) is 4.96. The van der Waals surface area contributed by atoms with Crippen LogP contribution in [0.4, 0.5) is 0 Å².